The van der Waals surface area contributed by atoms with Gasteiger partial charge in [-0.15, -0.1) is 0 Å². The number of benzene rings is 1. The van der Waals surface area contributed by atoms with E-state index >= 15 is 0 Å². The van der Waals surface area contributed by atoms with E-state index in [-0.39, 0.29) is 5.91 Å². The van der Waals surface area contributed by atoms with Gasteiger partial charge in [-0.25, -0.2) is 0 Å². The third-order valence-electron chi connectivity index (χ3n) is 4.09. The van der Waals surface area contributed by atoms with Crippen LogP contribution in [-0.2, 0) is 0 Å². The van der Waals surface area contributed by atoms with Crippen LogP contribution >= 0.6 is 22.6 Å². The predicted molar refractivity (Wildman–Crippen MR) is 94.9 cm³/mol. The Morgan fingerprint density at radius 3 is 2.82 bits per heavy atom. The molecule has 122 valence electrons. The normalized spacial score (nSPS) is 18.3. The van der Waals surface area contributed by atoms with Crippen LogP contribution in [0.15, 0.2) is 12.1 Å². The minimum Gasteiger partial charge on any atom is -0.493 e. The second kappa shape index (κ2) is 8.01. The van der Waals surface area contributed by atoms with Gasteiger partial charge in [-0.3, -0.25) is 9.69 Å². The quantitative estimate of drug-likeness (QED) is 0.725. The molecule has 22 heavy (non-hydrogen) atoms. The first kappa shape index (κ1) is 17.3. The first-order valence-electron chi connectivity index (χ1n) is 7.54. The van der Waals surface area contributed by atoms with Gasteiger partial charge in [0.2, 0.25) is 0 Å². The highest BCUT2D eigenvalue weighted by Crippen LogP contribution is 2.33. The van der Waals surface area contributed by atoms with Gasteiger partial charge in [0.15, 0.2) is 11.5 Å². The van der Waals surface area contributed by atoms with Gasteiger partial charge in [-0.05, 0) is 60.7 Å². The molecule has 1 aliphatic rings. The highest BCUT2D eigenvalue weighted by Gasteiger charge is 2.24. The van der Waals surface area contributed by atoms with Crippen molar-refractivity contribution in [2.75, 3.05) is 33.9 Å². The second-order valence-corrected chi connectivity index (χ2v) is 6.57. The second-order valence-electron chi connectivity index (χ2n) is 5.32. The number of nitrogens with zero attached hydrogens (tertiary/aromatic N) is 1. The number of halogens is 1. The maximum absolute atomic E-state index is 12.5. The fourth-order valence-corrected chi connectivity index (χ4v) is 3.54. The van der Waals surface area contributed by atoms with Gasteiger partial charge in [0.05, 0.1) is 19.8 Å². The van der Waals surface area contributed by atoms with E-state index in [1.807, 2.05) is 12.1 Å². The van der Waals surface area contributed by atoms with Gasteiger partial charge in [0.25, 0.3) is 5.91 Å². The van der Waals surface area contributed by atoms with E-state index in [0.717, 1.165) is 23.1 Å². The monoisotopic (exact) mass is 416 g/mol. The van der Waals surface area contributed by atoms with E-state index < -0.39 is 0 Å². The van der Waals surface area contributed by atoms with Crippen LogP contribution in [0.2, 0.25) is 0 Å². The summed E-state index contributed by atoms with van der Waals surface area (Å²) in [4.78, 5) is 14.9. The van der Waals surface area contributed by atoms with Gasteiger partial charge in [-0.1, -0.05) is 6.92 Å². The smallest absolute Gasteiger partial charge is 0.255 e. The Bertz CT molecular complexity index is 536. The SMILES string of the molecule is CCN1CCC[C@H]1CNC(=O)c1cc([125I])cc(OC)c1OC. The van der Waals surface area contributed by atoms with Crippen LogP contribution in [0.3, 0.4) is 0 Å². The van der Waals surface area contributed by atoms with Crippen LogP contribution in [-0.4, -0.2) is 50.7 Å². The number of ether oxygens (including phenoxy) is 2. The molecular formula is C16H23IN2O3. The molecule has 5 nitrogen and oxygen atoms in total. The summed E-state index contributed by atoms with van der Waals surface area (Å²) >= 11 is 2.17. The third kappa shape index (κ3) is 3.84. The molecule has 1 heterocycles. The zero-order chi connectivity index (χ0) is 16.1. The molecule has 6 heteroatoms. The third-order valence-corrected chi connectivity index (χ3v) is 4.71. The summed E-state index contributed by atoms with van der Waals surface area (Å²) in [5.41, 5.74) is 0.521. The number of carbonyl (C=O) groups is 1. The highest BCUT2D eigenvalue weighted by atomic mass is 125. The van der Waals surface area contributed by atoms with Crippen molar-refractivity contribution in [3.05, 3.63) is 21.3 Å². The summed E-state index contributed by atoms with van der Waals surface area (Å²) in [5.74, 6) is 0.950. The molecule has 1 aromatic carbocycles. The molecule has 1 fully saturated rings. The summed E-state index contributed by atoms with van der Waals surface area (Å²) in [6, 6.07) is 4.11. The van der Waals surface area contributed by atoms with E-state index in [2.05, 4.69) is 39.7 Å². The molecule has 0 aromatic heterocycles. The molecule has 0 aliphatic carbocycles. The van der Waals surface area contributed by atoms with E-state index in [4.69, 9.17) is 9.47 Å². The number of hydrogen-bond acceptors (Lipinski definition) is 4. The molecule has 1 N–H and O–H groups in total. The van der Waals surface area contributed by atoms with Gasteiger partial charge in [0.1, 0.15) is 0 Å². The Labute approximate surface area is 145 Å². The number of hydrogen-bond donors (Lipinski definition) is 1. The Morgan fingerprint density at radius 2 is 2.18 bits per heavy atom. The topological polar surface area (TPSA) is 50.8 Å². The summed E-state index contributed by atoms with van der Waals surface area (Å²) in [6.07, 6.45) is 2.34. The number of methoxy groups -OCH3 is 2. The van der Waals surface area contributed by atoms with Crippen molar-refractivity contribution in [2.24, 2.45) is 0 Å². The van der Waals surface area contributed by atoms with E-state index in [9.17, 15) is 4.79 Å². The molecule has 0 saturated carbocycles. The van der Waals surface area contributed by atoms with Crippen LogP contribution in [0.5, 0.6) is 11.5 Å². The summed E-state index contributed by atoms with van der Waals surface area (Å²) in [7, 11) is 3.13. The van der Waals surface area contributed by atoms with Crippen molar-refractivity contribution in [1.29, 1.82) is 0 Å². The molecule has 0 unspecified atom stereocenters. The van der Waals surface area contributed by atoms with E-state index in [1.54, 1.807) is 14.2 Å². The molecule has 1 aromatic rings. The van der Waals surface area contributed by atoms with Gasteiger partial charge in [-0.2, -0.15) is 0 Å². The summed E-state index contributed by atoms with van der Waals surface area (Å²) < 4.78 is 11.6. The van der Waals surface area contributed by atoms with Crippen molar-refractivity contribution < 1.29 is 14.3 Å². The molecule has 0 bridgehead atoms. The molecule has 2 rings (SSSR count). The molecule has 0 spiro atoms. The number of rotatable bonds is 6. The number of amides is 1. The minimum atomic E-state index is -0.114. The minimum absolute atomic E-state index is 0.114. The lowest BCUT2D eigenvalue weighted by Gasteiger charge is -2.23. The molecule has 0 radical (unpaired) electrons. The Morgan fingerprint density at radius 1 is 1.41 bits per heavy atom. The zero-order valence-electron chi connectivity index (χ0n) is 13.3. The van der Waals surface area contributed by atoms with E-state index in [1.165, 1.54) is 6.42 Å². The summed E-state index contributed by atoms with van der Waals surface area (Å²) in [6.45, 7) is 4.98. The molecule has 1 amide bonds. The molecular weight excluding hydrogens is 393 g/mol. The molecule has 1 atom stereocenters. The first-order chi connectivity index (χ1) is 10.6. The standard InChI is InChI=1S/C16H23IN2O3/c1-4-19-7-5-6-12(19)10-18-16(20)13-8-11(17)9-14(21-2)15(13)22-3/h8-9,12H,4-7,10H2,1-3H3,(H,18,20)/t12-/m0/s1/i17-2. The Kier molecular flexibility index (Phi) is 6.31. The van der Waals surface area contributed by atoms with E-state index in [0.29, 0.717) is 29.6 Å². The highest BCUT2D eigenvalue weighted by molar-refractivity contribution is 14.1. The maximum atomic E-state index is 12.5. The largest absolute Gasteiger partial charge is 0.493 e. The van der Waals surface area contributed by atoms with Crippen molar-refractivity contribution >= 4 is 28.5 Å². The van der Waals surface area contributed by atoms with Crippen LogP contribution < -0.4 is 14.8 Å². The average molecular weight is 416 g/mol. The fraction of sp³-hybridized carbons (Fsp3) is 0.562. The van der Waals surface area contributed by atoms with Gasteiger partial charge >= 0.3 is 0 Å². The number of carbonyl (C=O) groups excluding carboxylic acids is 1. The Hall–Kier alpha value is -1.02. The van der Waals surface area contributed by atoms with Crippen molar-refractivity contribution in [1.82, 2.24) is 10.2 Å². The number of likely N-dealkylation sites (N-methyl/N-ethyl adjacent to an activating group) is 1. The zero-order valence-corrected chi connectivity index (χ0v) is 15.5. The van der Waals surface area contributed by atoms with Crippen molar-refractivity contribution in [3.63, 3.8) is 0 Å². The number of likely N-dealkylation sites (tertiary alicyclic amines) is 1. The van der Waals surface area contributed by atoms with Gasteiger partial charge in [0, 0.05) is 16.2 Å². The predicted octanol–water partition coefficient (Wildman–Crippen LogP) is 2.52. The van der Waals surface area contributed by atoms with Gasteiger partial charge < -0.3 is 14.8 Å². The lowest BCUT2D eigenvalue weighted by molar-refractivity contribution is 0.0937. The average Bonchev–Trinajstić information content (AvgIpc) is 2.99. The summed E-state index contributed by atoms with van der Waals surface area (Å²) in [5, 5.41) is 3.04. The first-order valence-corrected chi connectivity index (χ1v) is 8.62. The number of nitrogens with one attached hydrogen (secondary N) is 1. The maximum Gasteiger partial charge on any atom is 0.255 e. The lowest BCUT2D eigenvalue weighted by Crippen LogP contribution is -2.40. The van der Waals surface area contributed by atoms with Crippen molar-refractivity contribution in [2.45, 2.75) is 25.8 Å². The Balaban J connectivity index is 2.10. The van der Waals surface area contributed by atoms with Crippen LogP contribution in [0.1, 0.15) is 30.1 Å². The fourth-order valence-electron chi connectivity index (χ4n) is 2.95. The van der Waals surface area contributed by atoms with Crippen LogP contribution in [0.4, 0.5) is 0 Å². The molecule has 1 aliphatic heterocycles. The molecule has 1 saturated heterocycles. The van der Waals surface area contributed by atoms with Crippen LogP contribution in [0, 0.1) is 3.57 Å². The van der Waals surface area contributed by atoms with Crippen molar-refractivity contribution in [3.8, 4) is 11.5 Å². The van der Waals surface area contributed by atoms with Crippen LogP contribution in [0.25, 0.3) is 0 Å². The lowest BCUT2D eigenvalue weighted by atomic mass is 10.1.